The first-order chi connectivity index (χ1) is 15.4. The zero-order valence-corrected chi connectivity index (χ0v) is 19.1. The van der Waals surface area contributed by atoms with Crippen molar-refractivity contribution in [2.45, 2.75) is 11.8 Å². The van der Waals surface area contributed by atoms with E-state index in [-0.39, 0.29) is 22.1 Å². The molecule has 0 saturated carbocycles. The number of carbonyl (C=O) groups is 1. The van der Waals surface area contributed by atoms with E-state index in [9.17, 15) is 13.2 Å². The van der Waals surface area contributed by atoms with Crippen molar-refractivity contribution in [3.63, 3.8) is 0 Å². The van der Waals surface area contributed by atoms with E-state index >= 15 is 0 Å². The second kappa shape index (κ2) is 9.02. The summed E-state index contributed by atoms with van der Waals surface area (Å²) in [6.45, 7) is 1.88. The lowest BCUT2D eigenvalue weighted by Crippen LogP contribution is -2.15. The Balaban J connectivity index is 1.74. The highest BCUT2D eigenvalue weighted by molar-refractivity contribution is 7.93. The van der Waals surface area contributed by atoms with Gasteiger partial charge in [-0.25, -0.2) is 13.2 Å². The summed E-state index contributed by atoms with van der Waals surface area (Å²) in [4.78, 5) is 12.9. The molecule has 32 heavy (non-hydrogen) atoms. The number of sulfonamides is 1. The minimum absolute atomic E-state index is 0.116. The van der Waals surface area contributed by atoms with E-state index in [0.29, 0.717) is 11.3 Å². The Labute approximate surface area is 190 Å². The van der Waals surface area contributed by atoms with Gasteiger partial charge in [-0.15, -0.1) is 11.3 Å². The molecule has 0 amide bonds. The maximum absolute atomic E-state index is 13.1. The molecular weight excluding hydrogens is 446 g/mol. The van der Waals surface area contributed by atoms with Crippen LogP contribution in [0.15, 0.2) is 77.0 Å². The third-order valence-corrected chi connectivity index (χ3v) is 7.30. The van der Waals surface area contributed by atoms with Crippen LogP contribution in [-0.2, 0) is 14.8 Å². The number of fused-ring (bicyclic) bond motifs is 1. The van der Waals surface area contributed by atoms with Crippen LogP contribution in [-0.4, -0.2) is 28.1 Å². The summed E-state index contributed by atoms with van der Waals surface area (Å²) in [5.41, 5.74) is 1.53. The molecule has 6 nitrogen and oxygen atoms in total. The van der Waals surface area contributed by atoms with Crippen LogP contribution in [0.3, 0.4) is 0 Å². The van der Waals surface area contributed by atoms with Gasteiger partial charge in [0, 0.05) is 10.9 Å². The van der Waals surface area contributed by atoms with Crippen LogP contribution in [0.1, 0.15) is 17.3 Å². The van der Waals surface area contributed by atoms with E-state index < -0.39 is 16.0 Å². The van der Waals surface area contributed by atoms with E-state index in [0.717, 1.165) is 27.7 Å². The molecule has 0 aliphatic rings. The third kappa shape index (κ3) is 4.32. The smallest absolute Gasteiger partial charge is 0.341 e. The summed E-state index contributed by atoms with van der Waals surface area (Å²) in [7, 11) is -2.35. The number of benzene rings is 3. The van der Waals surface area contributed by atoms with Gasteiger partial charge in [-0.2, -0.15) is 0 Å². The molecule has 0 unspecified atom stereocenters. The van der Waals surface area contributed by atoms with Crippen molar-refractivity contribution in [3.8, 4) is 16.9 Å². The summed E-state index contributed by atoms with van der Waals surface area (Å²) in [5.74, 6) is 0.0923. The lowest BCUT2D eigenvalue weighted by molar-refractivity contribution is 0.0529. The Bertz CT molecular complexity index is 1380. The van der Waals surface area contributed by atoms with E-state index in [2.05, 4.69) is 4.72 Å². The van der Waals surface area contributed by atoms with Gasteiger partial charge in [-0.3, -0.25) is 4.72 Å². The summed E-state index contributed by atoms with van der Waals surface area (Å²) < 4.78 is 39.3. The normalized spacial score (nSPS) is 11.3. The van der Waals surface area contributed by atoms with Crippen molar-refractivity contribution in [1.82, 2.24) is 0 Å². The first kappa shape index (κ1) is 21.9. The predicted octanol–water partition coefficient (Wildman–Crippen LogP) is 5.55. The number of thiophene rings is 1. The van der Waals surface area contributed by atoms with E-state index in [1.165, 1.54) is 0 Å². The number of rotatable bonds is 7. The van der Waals surface area contributed by atoms with Crippen LogP contribution in [0.2, 0.25) is 0 Å². The molecule has 0 bridgehead atoms. The van der Waals surface area contributed by atoms with Gasteiger partial charge in [0.1, 0.15) is 16.3 Å². The predicted molar refractivity (Wildman–Crippen MR) is 127 cm³/mol. The van der Waals surface area contributed by atoms with Crippen molar-refractivity contribution < 1.29 is 22.7 Å². The van der Waals surface area contributed by atoms with Gasteiger partial charge in [0.05, 0.1) is 18.6 Å². The molecular formula is C24H21NO5S2. The van der Waals surface area contributed by atoms with Crippen molar-refractivity contribution in [2.24, 2.45) is 0 Å². The lowest BCUT2D eigenvalue weighted by Gasteiger charge is -2.11. The largest absolute Gasteiger partial charge is 0.497 e. The van der Waals surface area contributed by atoms with Gasteiger partial charge in [-0.1, -0.05) is 42.5 Å². The zero-order chi connectivity index (χ0) is 22.7. The molecule has 8 heteroatoms. The molecule has 0 aliphatic carbocycles. The fraction of sp³-hybridized carbons (Fsp3) is 0.125. The Morgan fingerprint density at radius 1 is 1.00 bits per heavy atom. The number of esters is 1. The van der Waals surface area contributed by atoms with Gasteiger partial charge in [0.2, 0.25) is 0 Å². The van der Waals surface area contributed by atoms with Crippen LogP contribution in [0.25, 0.3) is 21.9 Å². The SMILES string of the molecule is CCOC(=O)c1c(-c2ccc(OC)cc2)csc1NS(=O)(=O)c1ccc2ccccc2c1. The summed E-state index contributed by atoms with van der Waals surface area (Å²) in [6, 6.07) is 19.6. The molecule has 0 radical (unpaired) electrons. The van der Waals surface area contributed by atoms with Crippen molar-refractivity contribution in [3.05, 3.63) is 77.7 Å². The summed E-state index contributed by atoms with van der Waals surface area (Å²) >= 11 is 1.14. The van der Waals surface area contributed by atoms with Crippen LogP contribution in [0.5, 0.6) is 5.75 Å². The van der Waals surface area contributed by atoms with E-state index in [1.807, 2.05) is 36.4 Å². The molecule has 4 rings (SSSR count). The van der Waals surface area contributed by atoms with Crippen molar-refractivity contribution in [1.29, 1.82) is 0 Å². The first-order valence-electron chi connectivity index (χ1n) is 9.87. The second-order valence-corrected chi connectivity index (χ2v) is 9.48. The Morgan fingerprint density at radius 3 is 2.41 bits per heavy atom. The first-order valence-corrected chi connectivity index (χ1v) is 12.2. The van der Waals surface area contributed by atoms with Crippen LogP contribution >= 0.6 is 11.3 Å². The number of hydrogen-bond acceptors (Lipinski definition) is 6. The maximum atomic E-state index is 13.1. The number of nitrogens with one attached hydrogen (secondary N) is 1. The zero-order valence-electron chi connectivity index (χ0n) is 17.5. The highest BCUT2D eigenvalue weighted by Gasteiger charge is 2.25. The average Bonchev–Trinajstić information content (AvgIpc) is 3.21. The molecule has 0 fully saturated rings. The van der Waals surface area contributed by atoms with E-state index in [1.54, 1.807) is 49.7 Å². The molecule has 0 atom stereocenters. The van der Waals surface area contributed by atoms with Crippen molar-refractivity contribution in [2.75, 3.05) is 18.4 Å². The summed E-state index contributed by atoms with van der Waals surface area (Å²) in [6.07, 6.45) is 0. The number of ether oxygens (including phenoxy) is 2. The molecule has 1 N–H and O–H groups in total. The molecule has 1 heterocycles. The number of carbonyl (C=O) groups excluding carboxylic acids is 1. The number of hydrogen-bond donors (Lipinski definition) is 1. The molecule has 4 aromatic rings. The minimum Gasteiger partial charge on any atom is -0.497 e. The van der Waals surface area contributed by atoms with Gasteiger partial charge in [0.15, 0.2) is 0 Å². The van der Waals surface area contributed by atoms with Gasteiger partial charge in [-0.05, 0) is 47.5 Å². The molecule has 164 valence electrons. The standard InChI is InChI=1S/C24H21NO5S2/c1-3-30-24(26)22-21(17-8-11-19(29-2)12-9-17)15-31-23(22)25-32(27,28)20-13-10-16-6-4-5-7-18(16)14-20/h4-15,25H,3H2,1-2H3. The average molecular weight is 468 g/mol. The van der Waals surface area contributed by atoms with Crippen LogP contribution in [0.4, 0.5) is 5.00 Å². The Morgan fingerprint density at radius 2 is 1.72 bits per heavy atom. The molecule has 0 saturated heterocycles. The second-order valence-electron chi connectivity index (χ2n) is 6.92. The highest BCUT2D eigenvalue weighted by atomic mass is 32.2. The Hall–Kier alpha value is -3.36. The monoisotopic (exact) mass is 467 g/mol. The quantitative estimate of drug-likeness (QED) is 0.360. The fourth-order valence-electron chi connectivity index (χ4n) is 3.34. The molecule has 0 aliphatic heterocycles. The van der Waals surface area contributed by atoms with E-state index in [4.69, 9.17) is 9.47 Å². The maximum Gasteiger partial charge on any atom is 0.341 e. The van der Waals surface area contributed by atoms with Gasteiger partial charge < -0.3 is 9.47 Å². The van der Waals surface area contributed by atoms with Crippen molar-refractivity contribution >= 4 is 43.1 Å². The van der Waals surface area contributed by atoms with Crippen LogP contribution < -0.4 is 9.46 Å². The number of anilines is 1. The molecule has 3 aromatic carbocycles. The third-order valence-electron chi connectivity index (χ3n) is 4.93. The van der Waals surface area contributed by atoms with Gasteiger partial charge >= 0.3 is 5.97 Å². The minimum atomic E-state index is -3.92. The summed E-state index contributed by atoms with van der Waals surface area (Å²) in [5, 5.41) is 3.71. The Kier molecular flexibility index (Phi) is 6.16. The topological polar surface area (TPSA) is 81.7 Å². The molecule has 0 spiro atoms. The lowest BCUT2D eigenvalue weighted by atomic mass is 10.0. The van der Waals surface area contributed by atoms with Crippen LogP contribution in [0, 0.1) is 0 Å². The molecule has 1 aromatic heterocycles. The highest BCUT2D eigenvalue weighted by Crippen LogP contribution is 2.38. The fourth-order valence-corrected chi connectivity index (χ4v) is 5.65. The van der Waals surface area contributed by atoms with Gasteiger partial charge in [0.25, 0.3) is 10.0 Å². The number of methoxy groups -OCH3 is 1.